The van der Waals surface area contributed by atoms with E-state index in [0.29, 0.717) is 36.0 Å². The number of amides is 1. The van der Waals surface area contributed by atoms with Gasteiger partial charge in [0.15, 0.2) is 5.69 Å². The van der Waals surface area contributed by atoms with Crippen molar-refractivity contribution in [3.8, 4) is 0 Å². The number of carbonyl (C=O) groups is 1. The van der Waals surface area contributed by atoms with Crippen molar-refractivity contribution < 1.29 is 14.1 Å². The zero-order valence-electron chi connectivity index (χ0n) is 15.0. The Labute approximate surface area is 146 Å². The summed E-state index contributed by atoms with van der Waals surface area (Å²) in [6, 6.07) is 1.81. The predicted octanol–water partition coefficient (Wildman–Crippen LogP) is 2.25. The van der Waals surface area contributed by atoms with Crippen molar-refractivity contribution in [1.82, 2.24) is 20.0 Å². The first-order chi connectivity index (χ1) is 12.0. The molecule has 2 aromatic rings. The van der Waals surface area contributed by atoms with Crippen LogP contribution in [0.1, 0.15) is 52.2 Å². The lowest BCUT2D eigenvalue weighted by Gasteiger charge is -2.24. The summed E-state index contributed by atoms with van der Waals surface area (Å²) in [4.78, 5) is 23.7. The highest BCUT2D eigenvalue weighted by atomic mass is 16.5. The second-order valence-corrected chi connectivity index (χ2v) is 6.13. The van der Waals surface area contributed by atoms with Gasteiger partial charge in [-0.2, -0.15) is 0 Å². The van der Waals surface area contributed by atoms with Crippen LogP contribution in [0, 0.1) is 13.8 Å². The van der Waals surface area contributed by atoms with Gasteiger partial charge in [-0.05, 0) is 26.7 Å². The molecule has 0 saturated carbocycles. The molecule has 0 radical (unpaired) electrons. The minimum absolute atomic E-state index is 0.0892. The Hall–Kier alpha value is -2.48. The maximum absolute atomic E-state index is 13.1. The van der Waals surface area contributed by atoms with E-state index in [9.17, 15) is 4.79 Å². The van der Waals surface area contributed by atoms with Gasteiger partial charge in [-0.15, -0.1) is 0 Å². The molecule has 25 heavy (non-hydrogen) atoms. The van der Waals surface area contributed by atoms with E-state index in [1.165, 1.54) is 0 Å². The van der Waals surface area contributed by atoms with Crippen LogP contribution in [0.4, 0.5) is 5.82 Å². The molecule has 1 atom stereocenters. The van der Waals surface area contributed by atoms with Gasteiger partial charge < -0.3 is 19.5 Å². The summed E-state index contributed by atoms with van der Waals surface area (Å²) in [5.74, 6) is 1.89. The Balaban J connectivity index is 1.92. The molecule has 3 rings (SSSR count). The van der Waals surface area contributed by atoms with Gasteiger partial charge in [0.25, 0.3) is 5.91 Å². The van der Waals surface area contributed by atoms with Crippen LogP contribution in [0.2, 0.25) is 0 Å². The number of aryl methyl sites for hydroxylation is 2. The van der Waals surface area contributed by atoms with E-state index in [-0.39, 0.29) is 11.9 Å². The summed E-state index contributed by atoms with van der Waals surface area (Å²) in [7, 11) is 3.40. The SMILES string of the molecule is CNc1cc([C@H]2CCCN2C(=O)c2noc(C)c2COC)nc(C)n1. The molecule has 2 aromatic heterocycles. The van der Waals surface area contributed by atoms with Crippen LogP contribution in [-0.4, -0.2) is 46.6 Å². The summed E-state index contributed by atoms with van der Waals surface area (Å²) in [5.41, 5.74) is 1.87. The third kappa shape index (κ3) is 3.34. The highest BCUT2D eigenvalue weighted by Gasteiger charge is 2.35. The lowest BCUT2D eigenvalue weighted by Crippen LogP contribution is -2.32. The lowest BCUT2D eigenvalue weighted by molar-refractivity contribution is 0.0718. The maximum Gasteiger partial charge on any atom is 0.276 e. The van der Waals surface area contributed by atoms with Crippen LogP contribution < -0.4 is 5.32 Å². The Morgan fingerprint density at radius 1 is 1.44 bits per heavy atom. The number of nitrogens with one attached hydrogen (secondary N) is 1. The number of hydrogen-bond donors (Lipinski definition) is 1. The van der Waals surface area contributed by atoms with Gasteiger partial charge >= 0.3 is 0 Å². The fourth-order valence-electron chi connectivity index (χ4n) is 3.22. The zero-order valence-corrected chi connectivity index (χ0v) is 15.0. The molecule has 0 spiro atoms. The minimum atomic E-state index is -0.145. The topological polar surface area (TPSA) is 93.4 Å². The molecule has 1 saturated heterocycles. The molecule has 8 heteroatoms. The summed E-state index contributed by atoms with van der Waals surface area (Å²) >= 11 is 0. The standard InChI is InChI=1S/C17H23N5O3/c1-10-12(9-24-4)16(21-25-10)17(23)22-7-5-6-14(22)13-8-15(18-3)20-11(2)19-13/h8,14H,5-7,9H2,1-4H3,(H,18,19,20)/t14-/m1/s1. The number of hydrogen-bond acceptors (Lipinski definition) is 7. The number of nitrogens with zero attached hydrogens (tertiary/aromatic N) is 4. The Morgan fingerprint density at radius 2 is 2.24 bits per heavy atom. The van der Waals surface area contributed by atoms with Crippen LogP contribution in [0.25, 0.3) is 0 Å². The van der Waals surface area contributed by atoms with Crippen molar-refractivity contribution in [3.63, 3.8) is 0 Å². The second-order valence-electron chi connectivity index (χ2n) is 6.13. The average molecular weight is 345 g/mol. The molecule has 1 N–H and O–H groups in total. The number of anilines is 1. The van der Waals surface area contributed by atoms with Crippen LogP contribution in [-0.2, 0) is 11.3 Å². The highest BCUT2D eigenvalue weighted by molar-refractivity contribution is 5.94. The number of aromatic nitrogens is 3. The van der Waals surface area contributed by atoms with Gasteiger partial charge in [0.1, 0.15) is 17.4 Å². The molecular weight excluding hydrogens is 322 g/mol. The first kappa shape index (κ1) is 17.3. The third-order valence-electron chi connectivity index (χ3n) is 4.44. The summed E-state index contributed by atoms with van der Waals surface area (Å²) < 4.78 is 10.4. The summed E-state index contributed by atoms with van der Waals surface area (Å²) in [6.07, 6.45) is 1.78. The van der Waals surface area contributed by atoms with Gasteiger partial charge in [0.2, 0.25) is 0 Å². The summed E-state index contributed by atoms with van der Waals surface area (Å²) in [5, 5.41) is 7.01. The zero-order chi connectivity index (χ0) is 18.0. The van der Waals surface area contributed by atoms with Gasteiger partial charge in [0, 0.05) is 26.8 Å². The smallest absolute Gasteiger partial charge is 0.276 e. The quantitative estimate of drug-likeness (QED) is 0.888. The number of carbonyl (C=O) groups excluding carboxylic acids is 1. The molecule has 0 aromatic carbocycles. The van der Waals surface area contributed by atoms with E-state index in [1.54, 1.807) is 14.0 Å². The number of rotatable bonds is 5. The van der Waals surface area contributed by atoms with E-state index in [2.05, 4.69) is 20.4 Å². The highest BCUT2D eigenvalue weighted by Crippen LogP contribution is 2.33. The fourth-order valence-corrected chi connectivity index (χ4v) is 3.22. The van der Waals surface area contributed by atoms with Gasteiger partial charge in [0.05, 0.1) is 23.9 Å². The van der Waals surface area contributed by atoms with E-state index in [1.807, 2.05) is 24.9 Å². The van der Waals surface area contributed by atoms with Crippen LogP contribution >= 0.6 is 0 Å². The third-order valence-corrected chi connectivity index (χ3v) is 4.44. The first-order valence-electron chi connectivity index (χ1n) is 8.33. The van der Waals surface area contributed by atoms with Crippen molar-refractivity contribution >= 4 is 11.7 Å². The lowest BCUT2D eigenvalue weighted by atomic mass is 10.1. The van der Waals surface area contributed by atoms with Gasteiger partial charge in [-0.25, -0.2) is 9.97 Å². The minimum Gasteiger partial charge on any atom is -0.380 e. The monoisotopic (exact) mass is 345 g/mol. The normalized spacial score (nSPS) is 17.1. The van der Waals surface area contributed by atoms with E-state index < -0.39 is 0 Å². The molecule has 0 bridgehead atoms. The molecule has 0 unspecified atom stereocenters. The summed E-state index contributed by atoms with van der Waals surface area (Å²) in [6.45, 7) is 4.60. The second kappa shape index (κ2) is 7.18. The van der Waals surface area contributed by atoms with Crippen molar-refractivity contribution in [2.45, 2.75) is 39.3 Å². The predicted molar refractivity (Wildman–Crippen MR) is 91.3 cm³/mol. The molecule has 8 nitrogen and oxygen atoms in total. The molecule has 1 aliphatic rings. The number of methoxy groups -OCH3 is 1. The molecule has 0 aliphatic carbocycles. The number of likely N-dealkylation sites (tertiary alicyclic amines) is 1. The van der Waals surface area contributed by atoms with Gasteiger partial charge in [-0.1, -0.05) is 5.16 Å². The molecule has 1 fully saturated rings. The van der Waals surface area contributed by atoms with Crippen molar-refractivity contribution in [2.75, 3.05) is 26.0 Å². The Kier molecular flexibility index (Phi) is 4.98. The average Bonchev–Trinajstić information content (AvgIpc) is 3.22. The van der Waals surface area contributed by atoms with E-state index in [0.717, 1.165) is 24.4 Å². The fraction of sp³-hybridized carbons (Fsp3) is 0.529. The molecule has 3 heterocycles. The molecule has 1 amide bonds. The van der Waals surface area contributed by atoms with Gasteiger partial charge in [-0.3, -0.25) is 4.79 Å². The van der Waals surface area contributed by atoms with E-state index in [4.69, 9.17) is 9.26 Å². The molecular formula is C17H23N5O3. The van der Waals surface area contributed by atoms with Crippen LogP contribution in [0.5, 0.6) is 0 Å². The molecule has 1 aliphatic heterocycles. The largest absolute Gasteiger partial charge is 0.380 e. The van der Waals surface area contributed by atoms with Crippen molar-refractivity contribution in [2.24, 2.45) is 0 Å². The van der Waals surface area contributed by atoms with Crippen molar-refractivity contribution in [1.29, 1.82) is 0 Å². The maximum atomic E-state index is 13.1. The first-order valence-corrected chi connectivity index (χ1v) is 8.33. The van der Waals surface area contributed by atoms with E-state index >= 15 is 0 Å². The van der Waals surface area contributed by atoms with Crippen LogP contribution in [0.15, 0.2) is 10.6 Å². The number of ether oxygens (including phenoxy) is 1. The Morgan fingerprint density at radius 3 is 2.96 bits per heavy atom. The van der Waals surface area contributed by atoms with Crippen LogP contribution in [0.3, 0.4) is 0 Å². The molecule has 134 valence electrons. The van der Waals surface area contributed by atoms with Crippen molar-refractivity contribution in [3.05, 3.63) is 34.6 Å². The Bertz CT molecular complexity index is 774.